The number of alkyl halides is 3. The summed E-state index contributed by atoms with van der Waals surface area (Å²) in [6.45, 7) is -0.231. The molecule has 0 saturated carbocycles. The maximum Gasteiger partial charge on any atom is 0.437 e. The Morgan fingerprint density at radius 1 is 1.35 bits per heavy atom. The van der Waals surface area contributed by atoms with Crippen LogP contribution in [0.4, 0.5) is 18.9 Å². The molecule has 0 bridgehead atoms. The van der Waals surface area contributed by atoms with Crippen molar-refractivity contribution >= 4 is 11.7 Å². The minimum atomic E-state index is -4.86. The number of nitro groups is 1. The first-order valence-corrected chi connectivity index (χ1v) is 6.06. The van der Waals surface area contributed by atoms with E-state index >= 15 is 0 Å². The third-order valence-corrected chi connectivity index (χ3v) is 2.86. The second-order valence-electron chi connectivity index (χ2n) is 4.36. The molecule has 0 saturated heterocycles. The lowest BCUT2D eigenvalue weighted by Crippen LogP contribution is -2.18. The summed E-state index contributed by atoms with van der Waals surface area (Å²) in [5.74, 6) is -1.23. The van der Waals surface area contributed by atoms with Crippen LogP contribution in [-0.2, 0) is 17.5 Å². The number of hydrogen-bond donors (Lipinski definition) is 0. The SMILES string of the molecule is COC(=O)c1c(C(F)(F)F)nnn1Cc1ccc([N+](=O)[O-])cc1. The number of esters is 1. The van der Waals surface area contributed by atoms with E-state index in [1.165, 1.54) is 24.3 Å². The van der Waals surface area contributed by atoms with E-state index in [9.17, 15) is 28.1 Å². The molecule has 0 amide bonds. The number of carbonyl (C=O) groups excluding carboxylic acids is 1. The van der Waals surface area contributed by atoms with Gasteiger partial charge < -0.3 is 4.74 Å². The average Bonchev–Trinajstić information content (AvgIpc) is 2.90. The van der Waals surface area contributed by atoms with Crippen LogP contribution in [0, 0.1) is 10.1 Å². The predicted molar refractivity (Wildman–Crippen MR) is 68.6 cm³/mol. The molecule has 0 N–H and O–H groups in total. The van der Waals surface area contributed by atoms with E-state index in [0.717, 1.165) is 11.8 Å². The summed E-state index contributed by atoms with van der Waals surface area (Å²) in [4.78, 5) is 21.5. The quantitative estimate of drug-likeness (QED) is 0.483. The summed E-state index contributed by atoms with van der Waals surface area (Å²) in [6, 6.07) is 5.06. The summed E-state index contributed by atoms with van der Waals surface area (Å²) in [6.07, 6.45) is -4.86. The number of aromatic nitrogens is 3. The summed E-state index contributed by atoms with van der Waals surface area (Å²) >= 11 is 0. The van der Waals surface area contributed by atoms with Gasteiger partial charge in [-0.05, 0) is 5.56 Å². The zero-order valence-corrected chi connectivity index (χ0v) is 11.6. The van der Waals surface area contributed by atoms with Crippen molar-refractivity contribution in [3.63, 3.8) is 0 Å². The van der Waals surface area contributed by atoms with Crippen LogP contribution >= 0.6 is 0 Å². The topological polar surface area (TPSA) is 100 Å². The minimum Gasteiger partial charge on any atom is -0.464 e. The van der Waals surface area contributed by atoms with Gasteiger partial charge in [-0.15, -0.1) is 5.10 Å². The smallest absolute Gasteiger partial charge is 0.437 e. The lowest BCUT2D eigenvalue weighted by molar-refractivity contribution is -0.384. The highest BCUT2D eigenvalue weighted by atomic mass is 19.4. The van der Waals surface area contributed by atoms with Crippen LogP contribution in [0.1, 0.15) is 21.7 Å². The van der Waals surface area contributed by atoms with Crippen molar-refractivity contribution in [2.75, 3.05) is 7.11 Å². The second-order valence-corrected chi connectivity index (χ2v) is 4.36. The Hall–Kier alpha value is -2.98. The van der Waals surface area contributed by atoms with Crippen molar-refractivity contribution < 1.29 is 27.6 Å². The molecule has 0 atom stereocenters. The third kappa shape index (κ3) is 3.44. The maximum atomic E-state index is 12.8. The van der Waals surface area contributed by atoms with Crippen LogP contribution in [0.25, 0.3) is 0 Å². The molecule has 0 unspecified atom stereocenters. The Balaban J connectivity index is 2.38. The van der Waals surface area contributed by atoms with Crippen LogP contribution < -0.4 is 0 Å². The standard InChI is InChI=1S/C12H9F3N4O4/c1-23-11(20)9-10(12(13,14)15)16-17-18(9)6-7-2-4-8(5-3-7)19(21)22/h2-5H,6H2,1H3. The predicted octanol–water partition coefficient (Wildman–Crippen LogP) is 2.04. The highest BCUT2D eigenvalue weighted by molar-refractivity contribution is 5.88. The van der Waals surface area contributed by atoms with E-state index in [-0.39, 0.29) is 12.2 Å². The Morgan fingerprint density at radius 3 is 2.43 bits per heavy atom. The van der Waals surface area contributed by atoms with Crippen molar-refractivity contribution in [3.8, 4) is 0 Å². The zero-order valence-electron chi connectivity index (χ0n) is 11.6. The molecule has 1 aromatic carbocycles. The summed E-state index contributed by atoms with van der Waals surface area (Å²) in [5.41, 5.74) is -2.06. The van der Waals surface area contributed by atoms with Crippen molar-refractivity contribution in [1.82, 2.24) is 15.0 Å². The maximum absolute atomic E-state index is 12.8. The van der Waals surface area contributed by atoms with Gasteiger partial charge in [-0.25, -0.2) is 9.48 Å². The summed E-state index contributed by atoms with van der Waals surface area (Å²) in [7, 11) is 0.936. The molecule has 0 radical (unpaired) electrons. The van der Waals surface area contributed by atoms with Crippen molar-refractivity contribution in [2.45, 2.75) is 12.7 Å². The highest BCUT2D eigenvalue weighted by Crippen LogP contribution is 2.30. The third-order valence-electron chi connectivity index (χ3n) is 2.86. The number of carbonyl (C=O) groups is 1. The van der Waals surface area contributed by atoms with Crippen LogP contribution in [-0.4, -0.2) is 33.0 Å². The fourth-order valence-corrected chi connectivity index (χ4v) is 1.81. The average molecular weight is 330 g/mol. The van der Waals surface area contributed by atoms with Crippen molar-refractivity contribution in [2.24, 2.45) is 0 Å². The molecule has 0 fully saturated rings. The molecule has 8 nitrogen and oxygen atoms in total. The van der Waals surface area contributed by atoms with E-state index in [1.807, 2.05) is 0 Å². The number of nitrogens with zero attached hydrogens (tertiary/aromatic N) is 4. The van der Waals surface area contributed by atoms with E-state index < -0.39 is 28.5 Å². The second kappa shape index (κ2) is 6.02. The van der Waals surface area contributed by atoms with Gasteiger partial charge in [0.15, 0.2) is 5.69 Å². The molecule has 0 aliphatic carbocycles. The first-order valence-electron chi connectivity index (χ1n) is 6.06. The monoisotopic (exact) mass is 330 g/mol. The van der Waals surface area contributed by atoms with Crippen LogP contribution in [0.3, 0.4) is 0 Å². The number of rotatable bonds is 4. The molecular formula is C12H9F3N4O4. The Morgan fingerprint density at radius 2 is 1.96 bits per heavy atom. The van der Waals surface area contributed by atoms with E-state index in [1.54, 1.807) is 0 Å². The molecule has 11 heteroatoms. The molecule has 2 aromatic rings. The van der Waals surface area contributed by atoms with Gasteiger partial charge in [0.1, 0.15) is 0 Å². The number of halogens is 3. The molecule has 0 aliphatic rings. The van der Waals surface area contributed by atoms with Gasteiger partial charge >= 0.3 is 12.1 Å². The van der Waals surface area contributed by atoms with Crippen LogP contribution in [0.15, 0.2) is 24.3 Å². The van der Waals surface area contributed by atoms with E-state index in [4.69, 9.17) is 0 Å². The van der Waals surface area contributed by atoms with Gasteiger partial charge in [0.25, 0.3) is 5.69 Å². The zero-order chi connectivity index (χ0) is 17.2. The van der Waals surface area contributed by atoms with Gasteiger partial charge in [-0.2, -0.15) is 13.2 Å². The fraction of sp³-hybridized carbons (Fsp3) is 0.250. The molecule has 1 aromatic heterocycles. The number of benzene rings is 1. The van der Waals surface area contributed by atoms with Crippen molar-refractivity contribution in [1.29, 1.82) is 0 Å². The molecule has 2 rings (SSSR count). The fourth-order valence-electron chi connectivity index (χ4n) is 1.81. The van der Waals surface area contributed by atoms with Gasteiger partial charge in [0.05, 0.1) is 18.6 Å². The largest absolute Gasteiger partial charge is 0.464 e. The van der Waals surface area contributed by atoms with Crippen molar-refractivity contribution in [3.05, 3.63) is 51.3 Å². The van der Waals surface area contributed by atoms with Gasteiger partial charge in [-0.1, -0.05) is 17.3 Å². The Bertz CT molecular complexity index is 740. The number of hydrogen-bond acceptors (Lipinski definition) is 6. The molecule has 122 valence electrons. The molecule has 0 aliphatic heterocycles. The lowest BCUT2D eigenvalue weighted by atomic mass is 10.2. The lowest BCUT2D eigenvalue weighted by Gasteiger charge is -2.08. The molecule has 1 heterocycles. The van der Waals surface area contributed by atoms with Crippen LogP contribution in [0.5, 0.6) is 0 Å². The number of non-ortho nitro benzene ring substituents is 1. The van der Waals surface area contributed by atoms with Gasteiger partial charge in [0.2, 0.25) is 5.69 Å². The Labute approximate surface area is 126 Å². The van der Waals surface area contributed by atoms with Gasteiger partial charge in [-0.3, -0.25) is 10.1 Å². The Kier molecular flexibility index (Phi) is 4.29. The first kappa shape index (κ1) is 16.4. The molecule has 23 heavy (non-hydrogen) atoms. The number of methoxy groups -OCH3 is 1. The number of nitro benzene ring substituents is 1. The van der Waals surface area contributed by atoms with E-state index in [2.05, 4.69) is 15.0 Å². The van der Waals surface area contributed by atoms with Crippen LogP contribution in [0.2, 0.25) is 0 Å². The van der Waals surface area contributed by atoms with Gasteiger partial charge in [0, 0.05) is 12.1 Å². The normalized spacial score (nSPS) is 11.3. The first-order chi connectivity index (χ1) is 10.7. The number of ether oxygens (including phenoxy) is 1. The molecular weight excluding hydrogens is 321 g/mol. The molecule has 0 spiro atoms. The summed E-state index contributed by atoms with van der Waals surface area (Å²) in [5, 5.41) is 16.9. The highest BCUT2D eigenvalue weighted by Gasteiger charge is 2.41. The minimum absolute atomic E-state index is 0.170. The summed E-state index contributed by atoms with van der Waals surface area (Å²) < 4.78 is 43.6. The van der Waals surface area contributed by atoms with E-state index in [0.29, 0.717) is 5.56 Å².